The van der Waals surface area contributed by atoms with E-state index in [4.69, 9.17) is 4.42 Å². The molecule has 1 amide bonds. The molecule has 0 saturated carbocycles. The lowest BCUT2D eigenvalue weighted by Gasteiger charge is -2.10. The van der Waals surface area contributed by atoms with Gasteiger partial charge in [-0.25, -0.2) is 14.5 Å². The number of carbonyl (C=O) groups is 1. The first kappa shape index (κ1) is 17.7. The predicted molar refractivity (Wildman–Crippen MR) is 103 cm³/mol. The fourth-order valence-corrected chi connectivity index (χ4v) is 3.07. The van der Waals surface area contributed by atoms with Crippen LogP contribution in [0.15, 0.2) is 70.3 Å². The highest BCUT2D eigenvalue weighted by molar-refractivity contribution is 5.76. The van der Waals surface area contributed by atoms with Crippen LogP contribution < -0.4 is 11.1 Å². The summed E-state index contributed by atoms with van der Waals surface area (Å²) >= 11 is 0. The first-order valence-electron chi connectivity index (χ1n) is 9.01. The van der Waals surface area contributed by atoms with E-state index in [0.717, 1.165) is 11.1 Å². The fourth-order valence-electron chi connectivity index (χ4n) is 3.07. The van der Waals surface area contributed by atoms with Crippen LogP contribution in [0.25, 0.3) is 16.9 Å². The van der Waals surface area contributed by atoms with Gasteiger partial charge in [0.05, 0.1) is 5.52 Å². The number of pyridine rings is 1. The Morgan fingerprint density at radius 1 is 1.11 bits per heavy atom. The number of benzene rings is 1. The monoisotopic (exact) mass is 377 g/mol. The van der Waals surface area contributed by atoms with E-state index in [0.29, 0.717) is 37.3 Å². The molecule has 0 aliphatic heterocycles. The number of hydrogen-bond donors (Lipinski definition) is 1. The average Bonchev–Trinajstić information content (AvgIpc) is 3.35. The highest BCUT2D eigenvalue weighted by Gasteiger charge is 2.10. The number of nitrogens with one attached hydrogen (secondary N) is 1. The summed E-state index contributed by atoms with van der Waals surface area (Å²) in [4.78, 5) is 28.5. The summed E-state index contributed by atoms with van der Waals surface area (Å²) in [5.74, 6) is 0.196. The molecule has 0 radical (unpaired) electrons. The maximum absolute atomic E-state index is 12.2. The topological polar surface area (TPSA) is 95.0 Å². The standard InChI is InChI=1S/C20H19N5O3/c26-18(9-4-12-24-16-7-1-2-8-17(16)28-20(24)27)22-14-15-6-3-10-21-19(15)25-13-5-11-23-25/h1-3,5-8,10-11,13H,4,9,12,14H2,(H,22,26). The molecule has 28 heavy (non-hydrogen) atoms. The van der Waals surface area contributed by atoms with Gasteiger partial charge >= 0.3 is 5.76 Å². The van der Waals surface area contributed by atoms with E-state index in [1.807, 2.05) is 36.4 Å². The van der Waals surface area contributed by atoms with Gasteiger partial charge in [-0.05, 0) is 30.7 Å². The van der Waals surface area contributed by atoms with Gasteiger partial charge in [0.15, 0.2) is 11.4 Å². The molecule has 0 bridgehead atoms. The molecular weight excluding hydrogens is 358 g/mol. The molecule has 0 unspecified atom stereocenters. The summed E-state index contributed by atoms with van der Waals surface area (Å²) in [5.41, 5.74) is 2.17. The quantitative estimate of drug-likeness (QED) is 0.533. The lowest BCUT2D eigenvalue weighted by atomic mass is 10.2. The van der Waals surface area contributed by atoms with Crippen LogP contribution in [0.5, 0.6) is 0 Å². The van der Waals surface area contributed by atoms with Crippen LogP contribution in [0, 0.1) is 0 Å². The Balaban J connectivity index is 1.33. The van der Waals surface area contributed by atoms with Crippen molar-refractivity contribution >= 4 is 17.0 Å². The Labute approximate surface area is 160 Å². The smallest absolute Gasteiger partial charge is 0.408 e. The molecule has 0 atom stereocenters. The maximum atomic E-state index is 12.2. The lowest BCUT2D eigenvalue weighted by molar-refractivity contribution is -0.121. The van der Waals surface area contributed by atoms with E-state index in [1.165, 1.54) is 0 Å². The number of nitrogens with zero attached hydrogens (tertiary/aromatic N) is 4. The largest absolute Gasteiger partial charge is 0.419 e. The van der Waals surface area contributed by atoms with Gasteiger partial charge in [0.1, 0.15) is 0 Å². The molecule has 1 N–H and O–H groups in total. The van der Waals surface area contributed by atoms with Crippen LogP contribution in [-0.4, -0.2) is 25.2 Å². The van der Waals surface area contributed by atoms with Gasteiger partial charge in [0.25, 0.3) is 0 Å². The Morgan fingerprint density at radius 2 is 2.00 bits per heavy atom. The van der Waals surface area contributed by atoms with E-state index >= 15 is 0 Å². The highest BCUT2D eigenvalue weighted by atomic mass is 16.4. The minimum atomic E-state index is -0.402. The van der Waals surface area contributed by atoms with Crippen molar-refractivity contribution in [1.82, 2.24) is 24.6 Å². The fraction of sp³-hybridized carbons (Fsp3) is 0.200. The number of fused-ring (bicyclic) bond motifs is 1. The molecule has 4 rings (SSSR count). The number of para-hydroxylation sites is 2. The third-order valence-corrected chi connectivity index (χ3v) is 4.42. The van der Waals surface area contributed by atoms with Crippen molar-refractivity contribution in [3.8, 4) is 5.82 Å². The van der Waals surface area contributed by atoms with Crippen molar-refractivity contribution in [2.45, 2.75) is 25.9 Å². The molecule has 8 nitrogen and oxygen atoms in total. The second-order valence-corrected chi connectivity index (χ2v) is 6.30. The maximum Gasteiger partial charge on any atom is 0.419 e. The van der Waals surface area contributed by atoms with Gasteiger partial charge in [0, 0.05) is 43.7 Å². The minimum Gasteiger partial charge on any atom is -0.408 e. The second-order valence-electron chi connectivity index (χ2n) is 6.30. The number of carbonyl (C=O) groups excluding carboxylic acids is 1. The zero-order valence-corrected chi connectivity index (χ0v) is 15.1. The average molecular weight is 377 g/mol. The molecule has 0 aliphatic carbocycles. The van der Waals surface area contributed by atoms with Gasteiger partial charge in [0.2, 0.25) is 5.91 Å². The lowest BCUT2D eigenvalue weighted by Crippen LogP contribution is -2.24. The van der Waals surface area contributed by atoms with E-state index in [1.54, 1.807) is 33.9 Å². The van der Waals surface area contributed by atoms with Crippen molar-refractivity contribution in [2.24, 2.45) is 0 Å². The third-order valence-electron chi connectivity index (χ3n) is 4.42. The molecule has 0 spiro atoms. The SMILES string of the molecule is O=C(CCCn1c(=O)oc2ccccc21)NCc1cccnc1-n1cccn1. The first-order chi connectivity index (χ1) is 13.7. The number of aryl methyl sites for hydroxylation is 1. The highest BCUT2D eigenvalue weighted by Crippen LogP contribution is 2.13. The van der Waals surface area contributed by atoms with E-state index in [9.17, 15) is 9.59 Å². The summed E-state index contributed by atoms with van der Waals surface area (Å²) < 4.78 is 8.42. The van der Waals surface area contributed by atoms with Gasteiger partial charge < -0.3 is 9.73 Å². The van der Waals surface area contributed by atoms with Crippen molar-refractivity contribution < 1.29 is 9.21 Å². The summed E-state index contributed by atoms with van der Waals surface area (Å²) in [7, 11) is 0. The number of rotatable bonds is 7. The second kappa shape index (κ2) is 7.91. The molecule has 142 valence electrons. The molecule has 3 aromatic heterocycles. The zero-order valence-electron chi connectivity index (χ0n) is 15.1. The van der Waals surface area contributed by atoms with Crippen molar-refractivity contribution in [3.63, 3.8) is 0 Å². The van der Waals surface area contributed by atoms with Gasteiger partial charge in [-0.3, -0.25) is 9.36 Å². The first-order valence-corrected chi connectivity index (χ1v) is 9.01. The van der Waals surface area contributed by atoms with E-state index in [2.05, 4.69) is 15.4 Å². The molecule has 3 heterocycles. The van der Waals surface area contributed by atoms with Gasteiger partial charge in [-0.15, -0.1) is 0 Å². The molecule has 8 heteroatoms. The minimum absolute atomic E-state index is 0.0869. The molecule has 0 fully saturated rings. The predicted octanol–water partition coefficient (Wildman–Crippen LogP) is 2.27. The number of oxazole rings is 1. The normalized spacial score (nSPS) is 11.0. The summed E-state index contributed by atoms with van der Waals surface area (Å²) in [6.45, 7) is 0.783. The van der Waals surface area contributed by atoms with Crippen LogP contribution in [-0.2, 0) is 17.9 Å². The van der Waals surface area contributed by atoms with Crippen LogP contribution in [0.3, 0.4) is 0 Å². The molecule has 1 aromatic carbocycles. The molecular formula is C20H19N5O3. The molecule has 0 saturated heterocycles. The van der Waals surface area contributed by atoms with Crippen LogP contribution >= 0.6 is 0 Å². The zero-order chi connectivity index (χ0) is 19.3. The number of hydrogen-bond acceptors (Lipinski definition) is 5. The Morgan fingerprint density at radius 3 is 2.86 bits per heavy atom. The van der Waals surface area contributed by atoms with Crippen molar-refractivity contribution in [2.75, 3.05) is 0 Å². The van der Waals surface area contributed by atoms with Crippen molar-refractivity contribution in [3.05, 3.63) is 77.2 Å². The summed E-state index contributed by atoms with van der Waals surface area (Å²) in [5, 5.41) is 7.09. The third kappa shape index (κ3) is 3.71. The number of aromatic nitrogens is 4. The van der Waals surface area contributed by atoms with Crippen molar-refractivity contribution in [1.29, 1.82) is 0 Å². The Kier molecular flexibility index (Phi) is 5.01. The van der Waals surface area contributed by atoms with E-state index in [-0.39, 0.29) is 5.91 Å². The van der Waals surface area contributed by atoms with Gasteiger partial charge in [-0.1, -0.05) is 18.2 Å². The van der Waals surface area contributed by atoms with Crippen LogP contribution in [0.1, 0.15) is 18.4 Å². The molecule has 0 aliphatic rings. The Hall–Kier alpha value is -3.68. The van der Waals surface area contributed by atoms with Crippen LogP contribution in [0.4, 0.5) is 0 Å². The van der Waals surface area contributed by atoms with Gasteiger partial charge in [-0.2, -0.15) is 5.10 Å². The Bertz CT molecular complexity index is 1140. The summed E-state index contributed by atoms with van der Waals surface area (Å²) in [6.07, 6.45) is 6.02. The number of amides is 1. The molecule has 4 aromatic rings. The summed E-state index contributed by atoms with van der Waals surface area (Å²) in [6, 6.07) is 12.8. The van der Waals surface area contributed by atoms with E-state index < -0.39 is 5.76 Å². The van der Waals surface area contributed by atoms with Crippen LogP contribution in [0.2, 0.25) is 0 Å².